The predicted octanol–water partition coefficient (Wildman–Crippen LogP) is 0.992. The monoisotopic (exact) mass is 160 g/mol. The molecule has 56 valence electrons. The highest BCUT2D eigenvalue weighted by Gasteiger charge is 2.12. The van der Waals surface area contributed by atoms with Gasteiger partial charge in [-0.1, -0.05) is 0 Å². The van der Waals surface area contributed by atoms with Crippen molar-refractivity contribution in [3.8, 4) is 0 Å². The van der Waals surface area contributed by atoms with E-state index in [1.54, 1.807) is 13.0 Å². The second kappa shape index (κ2) is 2.12. The lowest BCUT2D eigenvalue weighted by Crippen LogP contribution is -1.96. The lowest BCUT2D eigenvalue weighted by Gasteiger charge is -1.91. The summed E-state index contributed by atoms with van der Waals surface area (Å²) in [6.07, 6.45) is 2.49. The summed E-state index contributed by atoms with van der Waals surface area (Å²) in [5.41, 5.74) is 0.655. The van der Waals surface area contributed by atoms with Crippen LogP contribution in [0.15, 0.2) is 21.8 Å². The zero-order valence-electron chi connectivity index (χ0n) is 5.79. The molecule has 1 aromatic heterocycles. The smallest absolute Gasteiger partial charge is 0.220 e. The average Bonchev–Trinajstić information content (AvgIpc) is 2.11. The van der Waals surface area contributed by atoms with E-state index in [1.165, 1.54) is 6.26 Å². The fraction of sp³-hybridized carbons (Fsp3) is 0.333. The Balaban J connectivity index is 3.32. The van der Waals surface area contributed by atoms with Crippen molar-refractivity contribution in [3.05, 3.63) is 17.9 Å². The molecule has 1 rings (SSSR count). The third kappa shape index (κ3) is 1.21. The lowest BCUT2D eigenvalue weighted by molar-refractivity contribution is 0.448. The van der Waals surface area contributed by atoms with Crippen LogP contribution < -0.4 is 0 Å². The van der Waals surface area contributed by atoms with Crippen LogP contribution in [0.3, 0.4) is 0 Å². The number of aryl methyl sites for hydroxylation is 1. The first-order chi connectivity index (χ1) is 4.52. The van der Waals surface area contributed by atoms with Gasteiger partial charge in [-0.25, -0.2) is 8.42 Å². The summed E-state index contributed by atoms with van der Waals surface area (Å²) in [4.78, 5) is 0. The van der Waals surface area contributed by atoms with E-state index in [9.17, 15) is 8.42 Å². The van der Waals surface area contributed by atoms with Crippen molar-refractivity contribution in [3.63, 3.8) is 0 Å². The van der Waals surface area contributed by atoms with Gasteiger partial charge in [0.1, 0.15) is 0 Å². The Labute approximate surface area is 59.6 Å². The molecule has 1 heterocycles. The van der Waals surface area contributed by atoms with Gasteiger partial charge in [-0.3, -0.25) is 0 Å². The van der Waals surface area contributed by atoms with Crippen molar-refractivity contribution >= 4 is 9.84 Å². The van der Waals surface area contributed by atoms with E-state index in [4.69, 9.17) is 4.42 Å². The Kier molecular flexibility index (Phi) is 1.56. The minimum atomic E-state index is -3.16. The molecule has 3 nitrogen and oxygen atoms in total. The highest BCUT2D eigenvalue weighted by molar-refractivity contribution is 7.90. The first-order valence-corrected chi connectivity index (χ1v) is 4.65. The lowest BCUT2D eigenvalue weighted by atomic mass is 10.4. The quantitative estimate of drug-likeness (QED) is 0.615. The molecule has 1 aromatic rings. The Morgan fingerprint density at radius 1 is 1.50 bits per heavy atom. The van der Waals surface area contributed by atoms with E-state index in [1.807, 2.05) is 0 Å². The molecule has 0 unspecified atom stereocenters. The number of furan rings is 1. The van der Waals surface area contributed by atoms with Crippen molar-refractivity contribution in [2.45, 2.75) is 12.0 Å². The van der Waals surface area contributed by atoms with Crippen LogP contribution in [0.5, 0.6) is 0 Å². The summed E-state index contributed by atoms with van der Waals surface area (Å²) in [5, 5.41) is 0.0625. The largest absolute Gasteiger partial charge is 0.453 e. The molecule has 0 aliphatic rings. The molecule has 10 heavy (non-hydrogen) atoms. The van der Waals surface area contributed by atoms with E-state index in [2.05, 4.69) is 0 Å². The molecule has 0 aromatic carbocycles. The van der Waals surface area contributed by atoms with Gasteiger partial charge in [0, 0.05) is 11.8 Å². The molecule has 0 saturated heterocycles. The van der Waals surface area contributed by atoms with Crippen LogP contribution in [-0.2, 0) is 9.84 Å². The van der Waals surface area contributed by atoms with Crippen LogP contribution >= 0.6 is 0 Å². The normalized spacial score (nSPS) is 11.8. The minimum Gasteiger partial charge on any atom is -0.453 e. The first kappa shape index (κ1) is 7.34. The Morgan fingerprint density at radius 3 is 2.30 bits per heavy atom. The molecule has 4 heteroatoms. The van der Waals surface area contributed by atoms with Crippen molar-refractivity contribution in [2.24, 2.45) is 0 Å². The summed E-state index contributed by atoms with van der Waals surface area (Å²) >= 11 is 0. The second-order valence-corrected chi connectivity index (χ2v) is 4.08. The average molecular weight is 160 g/mol. The van der Waals surface area contributed by atoms with Gasteiger partial charge in [0.2, 0.25) is 14.9 Å². The van der Waals surface area contributed by atoms with Crippen LogP contribution in [0.2, 0.25) is 0 Å². The van der Waals surface area contributed by atoms with Crippen molar-refractivity contribution in [1.82, 2.24) is 0 Å². The standard InChI is InChI=1S/C6H8O3S/c1-5-3-4-9-6(5)10(2,7)8/h3-4H,1-2H3. The zero-order chi connectivity index (χ0) is 7.78. The summed E-state index contributed by atoms with van der Waals surface area (Å²) < 4.78 is 26.4. The number of sulfone groups is 1. The second-order valence-electron chi connectivity index (χ2n) is 2.16. The third-order valence-corrected chi connectivity index (χ3v) is 2.24. The fourth-order valence-corrected chi connectivity index (χ4v) is 1.62. The summed E-state index contributed by atoms with van der Waals surface area (Å²) in [5.74, 6) is 0. The van der Waals surface area contributed by atoms with Gasteiger partial charge < -0.3 is 4.42 Å². The maximum Gasteiger partial charge on any atom is 0.220 e. The van der Waals surface area contributed by atoms with Crippen LogP contribution in [0.25, 0.3) is 0 Å². The molecule has 0 aliphatic heterocycles. The van der Waals surface area contributed by atoms with Crippen LogP contribution in [0, 0.1) is 6.92 Å². The molecule has 0 bridgehead atoms. The topological polar surface area (TPSA) is 47.3 Å². The van der Waals surface area contributed by atoms with E-state index in [0.29, 0.717) is 5.56 Å². The summed E-state index contributed by atoms with van der Waals surface area (Å²) in [6.45, 7) is 1.69. The fourth-order valence-electron chi connectivity index (χ4n) is 0.739. The SMILES string of the molecule is Cc1ccoc1S(C)(=O)=O. The maximum absolute atomic E-state index is 10.8. The highest BCUT2D eigenvalue weighted by atomic mass is 32.2. The molecule has 0 amide bonds. The Morgan fingerprint density at radius 2 is 2.10 bits per heavy atom. The molecule has 0 atom stereocenters. The molecule has 0 spiro atoms. The van der Waals surface area contributed by atoms with Gasteiger partial charge in [0.05, 0.1) is 6.26 Å². The van der Waals surface area contributed by atoms with Gasteiger partial charge in [-0.15, -0.1) is 0 Å². The number of hydrogen-bond donors (Lipinski definition) is 0. The van der Waals surface area contributed by atoms with Crippen molar-refractivity contribution in [2.75, 3.05) is 6.26 Å². The van der Waals surface area contributed by atoms with Crippen molar-refractivity contribution in [1.29, 1.82) is 0 Å². The van der Waals surface area contributed by atoms with Crippen molar-refractivity contribution < 1.29 is 12.8 Å². The van der Waals surface area contributed by atoms with Crippen LogP contribution in [-0.4, -0.2) is 14.7 Å². The van der Waals surface area contributed by atoms with E-state index in [-0.39, 0.29) is 5.09 Å². The van der Waals surface area contributed by atoms with E-state index >= 15 is 0 Å². The maximum atomic E-state index is 10.8. The molecular formula is C6H8O3S. The van der Waals surface area contributed by atoms with Gasteiger partial charge in [-0.2, -0.15) is 0 Å². The molecular weight excluding hydrogens is 152 g/mol. The van der Waals surface area contributed by atoms with Gasteiger partial charge in [0.25, 0.3) is 0 Å². The van der Waals surface area contributed by atoms with Crippen LogP contribution in [0.1, 0.15) is 5.56 Å². The molecule has 0 fully saturated rings. The summed E-state index contributed by atoms with van der Waals surface area (Å²) in [6, 6.07) is 1.62. The zero-order valence-corrected chi connectivity index (χ0v) is 6.60. The number of hydrogen-bond acceptors (Lipinski definition) is 3. The first-order valence-electron chi connectivity index (χ1n) is 2.76. The van der Waals surface area contributed by atoms with Gasteiger partial charge >= 0.3 is 0 Å². The van der Waals surface area contributed by atoms with Crippen LogP contribution in [0.4, 0.5) is 0 Å². The van der Waals surface area contributed by atoms with Gasteiger partial charge in [0.15, 0.2) is 0 Å². The minimum absolute atomic E-state index is 0.0625. The Hall–Kier alpha value is -0.770. The molecule has 0 radical (unpaired) electrons. The van der Waals surface area contributed by atoms with E-state index < -0.39 is 9.84 Å². The van der Waals surface area contributed by atoms with E-state index in [0.717, 1.165) is 6.26 Å². The third-order valence-electron chi connectivity index (χ3n) is 1.15. The molecule has 0 saturated carbocycles. The molecule has 0 N–H and O–H groups in total. The highest BCUT2D eigenvalue weighted by Crippen LogP contribution is 2.14. The van der Waals surface area contributed by atoms with Gasteiger partial charge in [-0.05, 0) is 13.0 Å². The Bertz CT molecular complexity index is 321. The number of rotatable bonds is 1. The predicted molar refractivity (Wildman–Crippen MR) is 36.6 cm³/mol. The molecule has 0 aliphatic carbocycles. The summed E-state index contributed by atoms with van der Waals surface area (Å²) in [7, 11) is -3.16.